The first kappa shape index (κ1) is 21.9. The highest BCUT2D eigenvalue weighted by atomic mass is 79.9. The Kier molecular flexibility index (Phi) is 8.62. The molecule has 1 aromatic heterocycles. The van der Waals surface area contributed by atoms with E-state index in [4.69, 9.17) is 4.99 Å². The van der Waals surface area contributed by atoms with Crippen LogP contribution < -0.4 is 4.80 Å². The van der Waals surface area contributed by atoms with Gasteiger partial charge in [0.2, 0.25) is 0 Å². The monoisotopic (exact) mass is 500 g/mol. The normalized spacial score (nSPS) is 16.2. The van der Waals surface area contributed by atoms with Crippen molar-refractivity contribution in [2.24, 2.45) is 4.99 Å². The lowest BCUT2D eigenvalue weighted by Gasteiger charge is -2.43. The summed E-state index contributed by atoms with van der Waals surface area (Å²) in [5.74, 6) is 0. The predicted molar refractivity (Wildman–Crippen MR) is 122 cm³/mol. The van der Waals surface area contributed by atoms with E-state index in [0.29, 0.717) is 0 Å². The highest BCUT2D eigenvalue weighted by Gasteiger charge is 2.42. The second kappa shape index (κ2) is 10.2. The molecule has 5 heteroatoms. The Bertz CT molecular complexity index is 742. The molecule has 0 atom stereocenters. The number of aromatic nitrogens is 1. The van der Waals surface area contributed by atoms with E-state index in [1.54, 1.807) is 0 Å². The molecule has 0 unspecified atom stereocenters. The highest BCUT2D eigenvalue weighted by molar-refractivity contribution is 9.10. The second-order valence-corrected chi connectivity index (χ2v) is 8.84. The van der Waals surface area contributed by atoms with Gasteiger partial charge in [0.05, 0.1) is 0 Å². The number of benzene rings is 1. The van der Waals surface area contributed by atoms with Gasteiger partial charge < -0.3 is 4.57 Å². The van der Waals surface area contributed by atoms with Crippen molar-refractivity contribution < 1.29 is 0 Å². The van der Waals surface area contributed by atoms with Gasteiger partial charge in [0, 0.05) is 34.1 Å². The maximum absolute atomic E-state index is 4.92. The van der Waals surface area contributed by atoms with Crippen LogP contribution in [0.4, 0.5) is 0 Å². The van der Waals surface area contributed by atoms with Gasteiger partial charge in [-0.3, -0.25) is 4.99 Å². The molecule has 1 aliphatic rings. The minimum Gasteiger partial charge on any atom is -0.320 e. The molecule has 1 fully saturated rings. The lowest BCUT2D eigenvalue weighted by molar-refractivity contribution is 0.281. The molecule has 0 aliphatic heterocycles. The van der Waals surface area contributed by atoms with Crippen molar-refractivity contribution in [2.45, 2.75) is 70.8 Å². The van der Waals surface area contributed by atoms with Crippen LogP contribution in [0.2, 0.25) is 0 Å². The second-order valence-electron chi connectivity index (χ2n) is 7.09. The van der Waals surface area contributed by atoms with Crippen LogP contribution in [-0.2, 0) is 12.0 Å². The third kappa shape index (κ3) is 4.53. The van der Waals surface area contributed by atoms with Gasteiger partial charge in [0.25, 0.3) is 0 Å². The third-order valence-electron chi connectivity index (χ3n) is 5.39. The maximum Gasteiger partial charge on any atom is 0.184 e. The molecule has 0 radical (unpaired) electrons. The highest BCUT2D eigenvalue weighted by Crippen LogP contribution is 2.49. The molecule has 0 saturated heterocycles. The Morgan fingerprint density at radius 1 is 1.12 bits per heavy atom. The van der Waals surface area contributed by atoms with Crippen molar-refractivity contribution in [2.75, 3.05) is 6.54 Å². The average molecular weight is 502 g/mol. The lowest BCUT2D eigenvalue weighted by Crippen LogP contribution is -2.39. The third-order valence-corrected chi connectivity index (χ3v) is 6.82. The van der Waals surface area contributed by atoms with Crippen LogP contribution in [0.5, 0.6) is 0 Å². The Labute approximate surface area is 180 Å². The Balaban J connectivity index is 0.00000243. The first-order valence-corrected chi connectivity index (χ1v) is 11.3. The van der Waals surface area contributed by atoms with Gasteiger partial charge >= 0.3 is 0 Å². The van der Waals surface area contributed by atoms with Crippen molar-refractivity contribution in [3.8, 4) is 0 Å². The van der Waals surface area contributed by atoms with Crippen LogP contribution in [0.25, 0.3) is 0 Å². The fraction of sp³-hybridized carbons (Fsp3) is 0.571. The van der Waals surface area contributed by atoms with Gasteiger partial charge in [0.1, 0.15) is 0 Å². The van der Waals surface area contributed by atoms with E-state index in [1.807, 2.05) is 11.3 Å². The molecule has 3 rings (SSSR count). The minimum absolute atomic E-state index is 0. The Morgan fingerprint density at radius 2 is 1.81 bits per heavy atom. The largest absolute Gasteiger partial charge is 0.320 e. The van der Waals surface area contributed by atoms with Gasteiger partial charge in [-0.25, -0.2) is 0 Å². The maximum atomic E-state index is 4.92. The molecule has 0 amide bonds. The lowest BCUT2D eigenvalue weighted by atomic mass is 9.62. The van der Waals surface area contributed by atoms with E-state index >= 15 is 0 Å². The molecule has 0 N–H and O–H groups in total. The van der Waals surface area contributed by atoms with Crippen molar-refractivity contribution in [1.82, 2.24) is 4.57 Å². The van der Waals surface area contributed by atoms with E-state index in [9.17, 15) is 0 Å². The average Bonchev–Trinajstić information content (AvgIpc) is 2.97. The van der Waals surface area contributed by atoms with Crippen molar-refractivity contribution in [3.63, 3.8) is 0 Å². The van der Waals surface area contributed by atoms with Crippen molar-refractivity contribution >= 4 is 44.2 Å². The zero-order valence-corrected chi connectivity index (χ0v) is 20.0. The summed E-state index contributed by atoms with van der Waals surface area (Å²) < 4.78 is 3.69. The summed E-state index contributed by atoms with van der Waals surface area (Å²) in [6, 6.07) is 8.98. The number of hydrogen-bond donors (Lipinski definition) is 0. The number of halogens is 2. The molecule has 26 heavy (non-hydrogen) atoms. The molecule has 1 aliphatic carbocycles. The molecule has 144 valence electrons. The van der Waals surface area contributed by atoms with Crippen molar-refractivity contribution in [1.29, 1.82) is 0 Å². The zero-order chi connectivity index (χ0) is 17.7. The van der Waals surface area contributed by atoms with E-state index < -0.39 is 0 Å². The molecule has 1 aromatic carbocycles. The SMILES string of the molecule is Br.CCCCN=c1scc(C2(c3ccc(Br)cc3)CCC2)n1CCCC. The summed E-state index contributed by atoms with van der Waals surface area (Å²) in [6.45, 7) is 6.55. The topological polar surface area (TPSA) is 17.3 Å². The smallest absolute Gasteiger partial charge is 0.184 e. The number of hydrogen-bond acceptors (Lipinski definition) is 2. The van der Waals surface area contributed by atoms with Crippen molar-refractivity contribution in [3.05, 3.63) is 50.2 Å². The Morgan fingerprint density at radius 3 is 2.38 bits per heavy atom. The number of unbranched alkanes of at least 4 members (excludes halogenated alkanes) is 2. The van der Waals surface area contributed by atoms with E-state index in [2.05, 4.69) is 64.0 Å². The number of rotatable bonds is 8. The summed E-state index contributed by atoms with van der Waals surface area (Å²) in [4.78, 5) is 6.15. The molecule has 2 nitrogen and oxygen atoms in total. The fourth-order valence-corrected chi connectivity index (χ4v) is 5.01. The minimum atomic E-state index is 0. The standard InChI is InChI=1S/C21H29BrN2S.BrH/c1-3-5-14-23-20-24(15-6-4-2)19(16-25-20)21(12-7-13-21)17-8-10-18(22)11-9-17;/h8-11,16H,3-7,12-15H2,1-2H3;1H. The van der Waals surface area contributed by atoms with Crippen LogP contribution in [0.15, 0.2) is 39.1 Å². The first-order chi connectivity index (χ1) is 12.2. The van der Waals surface area contributed by atoms with E-state index in [-0.39, 0.29) is 22.4 Å². The van der Waals surface area contributed by atoms with Crippen LogP contribution in [0, 0.1) is 0 Å². The van der Waals surface area contributed by atoms with Gasteiger partial charge in [-0.2, -0.15) is 0 Å². The molecule has 1 saturated carbocycles. The molecule has 1 heterocycles. The zero-order valence-electron chi connectivity index (χ0n) is 15.8. The van der Waals surface area contributed by atoms with Gasteiger partial charge in [0.15, 0.2) is 4.80 Å². The molecule has 2 aromatic rings. The summed E-state index contributed by atoms with van der Waals surface area (Å²) in [5.41, 5.74) is 3.16. The molecular formula is C21H30Br2N2S. The summed E-state index contributed by atoms with van der Waals surface area (Å²) in [7, 11) is 0. The summed E-state index contributed by atoms with van der Waals surface area (Å²) in [6.07, 6.45) is 8.67. The fourth-order valence-electron chi connectivity index (χ4n) is 3.69. The summed E-state index contributed by atoms with van der Waals surface area (Å²) in [5, 5.41) is 2.39. The first-order valence-electron chi connectivity index (χ1n) is 9.66. The molecule has 0 spiro atoms. The molecule has 0 bridgehead atoms. The predicted octanol–water partition coefficient (Wildman–Crippen LogP) is 6.86. The van der Waals surface area contributed by atoms with E-state index in [0.717, 1.165) is 17.6 Å². The number of thiazole rings is 1. The van der Waals surface area contributed by atoms with Crippen LogP contribution in [0.3, 0.4) is 0 Å². The van der Waals surface area contributed by atoms with Gasteiger partial charge in [-0.05, 0) is 43.4 Å². The van der Waals surface area contributed by atoms with Gasteiger partial charge in [-0.1, -0.05) is 61.2 Å². The van der Waals surface area contributed by atoms with Crippen LogP contribution in [0.1, 0.15) is 70.1 Å². The number of nitrogens with zero attached hydrogens (tertiary/aromatic N) is 2. The summed E-state index contributed by atoms with van der Waals surface area (Å²) >= 11 is 5.42. The van der Waals surface area contributed by atoms with E-state index in [1.165, 1.54) is 61.0 Å². The Hall–Kier alpha value is -0.390. The van der Waals surface area contributed by atoms with Crippen LogP contribution in [-0.4, -0.2) is 11.1 Å². The van der Waals surface area contributed by atoms with Crippen LogP contribution >= 0.6 is 44.2 Å². The van der Waals surface area contributed by atoms with Gasteiger partial charge in [-0.15, -0.1) is 28.3 Å². The quantitative estimate of drug-likeness (QED) is 0.351. The molecular weight excluding hydrogens is 472 g/mol.